The van der Waals surface area contributed by atoms with Gasteiger partial charge in [0.05, 0.1) is 4.90 Å². The molecule has 0 aliphatic heterocycles. The van der Waals surface area contributed by atoms with Crippen LogP contribution in [0.25, 0.3) is 0 Å². The number of halogens is 2. The highest BCUT2D eigenvalue weighted by Crippen LogP contribution is 2.22. The molecule has 0 saturated carbocycles. The second-order valence-corrected chi connectivity index (χ2v) is 7.82. The van der Waals surface area contributed by atoms with Crippen molar-refractivity contribution in [2.45, 2.75) is 31.2 Å². The summed E-state index contributed by atoms with van der Waals surface area (Å²) in [6.45, 7) is 5.44. The summed E-state index contributed by atoms with van der Waals surface area (Å²) in [5.41, 5.74) is -0.281. The SMILES string of the molecule is CC(C)(C)NC(=O)c1cc(Cl)cc(S(=O)(=O)Cl)c1. The Morgan fingerprint density at radius 2 is 1.78 bits per heavy atom. The highest BCUT2D eigenvalue weighted by Gasteiger charge is 2.19. The Labute approximate surface area is 116 Å². The van der Waals surface area contributed by atoms with Crippen LogP contribution >= 0.6 is 22.3 Å². The zero-order valence-electron chi connectivity index (χ0n) is 10.1. The van der Waals surface area contributed by atoms with Crippen molar-refractivity contribution in [2.24, 2.45) is 0 Å². The molecular formula is C11H13Cl2NO3S. The summed E-state index contributed by atoms with van der Waals surface area (Å²) in [4.78, 5) is 11.7. The highest BCUT2D eigenvalue weighted by molar-refractivity contribution is 8.13. The highest BCUT2D eigenvalue weighted by atomic mass is 35.7. The Hall–Kier alpha value is -0.780. The molecule has 0 radical (unpaired) electrons. The smallest absolute Gasteiger partial charge is 0.261 e. The Bertz CT molecular complexity index is 576. The molecule has 0 aliphatic rings. The fourth-order valence-corrected chi connectivity index (χ4v) is 2.35. The summed E-state index contributed by atoms with van der Waals surface area (Å²) in [6.07, 6.45) is 0. The predicted molar refractivity (Wildman–Crippen MR) is 71.7 cm³/mol. The van der Waals surface area contributed by atoms with E-state index in [-0.39, 0.29) is 15.5 Å². The van der Waals surface area contributed by atoms with Crippen molar-refractivity contribution < 1.29 is 13.2 Å². The molecular weight excluding hydrogens is 297 g/mol. The molecule has 1 amide bonds. The number of amides is 1. The summed E-state index contributed by atoms with van der Waals surface area (Å²) in [6, 6.07) is 3.77. The van der Waals surface area contributed by atoms with Gasteiger partial charge in [0.15, 0.2) is 0 Å². The van der Waals surface area contributed by atoms with Gasteiger partial charge < -0.3 is 5.32 Å². The molecule has 0 unspecified atom stereocenters. The molecule has 1 aromatic rings. The van der Waals surface area contributed by atoms with Crippen LogP contribution in [-0.2, 0) is 9.05 Å². The first kappa shape index (κ1) is 15.3. The van der Waals surface area contributed by atoms with Crippen molar-refractivity contribution in [3.05, 3.63) is 28.8 Å². The van der Waals surface area contributed by atoms with Gasteiger partial charge in [0.25, 0.3) is 15.0 Å². The third-order valence-electron chi connectivity index (χ3n) is 1.90. The van der Waals surface area contributed by atoms with Crippen LogP contribution in [0.3, 0.4) is 0 Å². The lowest BCUT2D eigenvalue weighted by molar-refractivity contribution is 0.0919. The molecule has 4 nitrogen and oxygen atoms in total. The molecule has 1 aromatic carbocycles. The van der Waals surface area contributed by atoms with Gasteiger partial charge in [0.2, 0.25) is 0 Å². The summed E-state index contributed by atoms with van der Waals surface area (Å²) in [5, 5.41) is 2.84. The zero-order chi connectivity index (χ0) is 14.1. The van der Waals surface area contributed by atoms with Gasteiger partial charge >= 0.3 is 0 Å². The van der Waals surface area contributed by atoms with Crippen LogP contribution in [0.15, 0.2) is 23.1 Å². The normalized spacial score (nSPS) is 12.3. The fraction of sp³-hybridized carbons (Fsp3) is 0.364. The van der Waals surface area contributed by atoms with Gasteiger partial charge in [-0.15, -0.1) is 0 Å². The molecule has 0 fully saturated rings. The molecule has 1 rings (SSSR count). The Morgan fingerprint density at radius 3 is 2.22 bits per heavy atom. The van der Waals surface area contributed by atoms with Crippen molar-refractivity contribution in [1.82, 2.24) is 5.32 Å². The van der Waals surface area contributed by atoms with Crippen LogP contribution in [-0.4, -0.2) is 19.9 Å². The van der Waals surface area contributed by atoms with Gasteiger partial charge in [-0.1, -0.05) is 11.6 Å². The fourth-order valence-electron chi connectivity index (χ4n) is 1.25. The maximum atomic E-state index is 11.9. The minimum Gasteiger partial charge on any atom is -0.347 e. The second kappa shape index (κ2) is 5.07. The van der Waals surface area contributed by atoms with Crippen LogP contribution < -0.4 is 5.32 Å². The molecule has 18 heavy (non-hydrogen) atoms. The standard InChI is InChI=1S/C11H13Cl2NO3S/c1-11(2,3)14-10(15)7-4-8(12)6-9(5-7)18(13,16)17/h4-6H,1-3H3,(H,14,15). The number of rotatable bonds is 2. The van der Waals surface area contributed by atoms with Gasteiger partial charge in [-0.2, -0.15) is 0 Å². The lowest BCUT2D eigenvalue weighted by atomic mass is 10.1. The minimum atomic E-state index is -3.92. The maximum absolute atomic E-state index is 11.9. The molecule has 0 heterocycles. The topological polar surface area (TPSA) is 63.2 Å². The minimum absolute atomic E-state index is 0.135. The molecule has 0 atom stereocenters. The van der Waals surface area contributed by atoms with Crippen molar-refractivity contribution in [3.63, 3.8) is 0 Å². The summed E-state index contributed by atoms with van der Waals surface area (Å²) in [7, 11) is 1.30. The van der Waals surface area contributed by atoms with Crippen LogP contribution in [0, 0.1) is 0 Å². The average molecular weight is 310 g/mol. The summed E-state index contributed by atoms with van der Waals surface area (Å²) >= 11 is 5.77. The van der Waals surface area contributed by atoms with E-state index < -0.39 is 20.5 Å². The molecule has 0 spiro atoms. The monoisotopic (exact) mass is 309 g/mol. The number of benzene rings is 1. The van der Waals surface area contributed by atoms with Gasteiger partial charge in [-0.05, 0) is 39.0 Å². The van der Waals surface area contributed by atoms with E-state index in [4.69, 9.17) is 22.3 Å². The van der Waals surface area contributed by atoms with Crippen molar-refractivity contribution in [2.75, 3.05) is 0 Å². The van der Waals surface area contributed by atoms with Crippen molar-refractivity contribution in [1.29, 1.82) is 0 Å². The van der Waals surface area contributed by atoms with E-state index in [1.807, 2.05) is 20.8 Å². The molecule has 7 heteroatoms. The molecule has 0 bridgehead atoms. The molecule has 100 valence electrons. The number of hydrogen-bond donors (Lipinski definition) is 1. The predicted octanol–water partition coefficient (Wildman–Crippen LogP) is 2.80. The van der Waals surface area contributed by atoms with Gasteiger partial charge in [-0.3, -0.25) is 4.79 Å². The van der Waals surface area contributed by atoms with E-state index in [9.17, 15) is 13.2 Å². The summed E-state index contributed by atoms with van der Waals surface area (Å²) < 4.78 is 22.4. The maximum Gasteiger partial charge on any atom is 0.261 e. The van der Waals surface area contributed by atoms with Gasteiger partial charge in [0, 0.05) is 26.8 Å². The molecule has 1 N–H and O–H groups in total. The summed E-state index contributed by atoms with van der Waals surface area (Å²) in [5.74, 6) is -0.411. The molecule has 0 aromatic heterocycles. The second-order valence-electron chi connectivity index (χ2n) is 4.82. The van der Waals surface area contributed by atoms with E-state index >= 15 is 0 Å². The first-order chi connectivity index (χ1) is 7.99. The van der Waals surface area contributed by atoms with Crippen LogP contribution in [0.1, 0.15) is 31.1 Å². The third kappa shape index (κ3) is 4.48. The lowest BCUT2D eigenvalue weighted by Gasteiger charge is -2.20. The first-order valence-electron chi connectivity index (χ1n) is 5.07. The number of carbonyl (C=O) groups excluding carboxylic acids is 1. The Kier molecular flexibility index (Phi) is 4.30. The van der Waals surface area contributed by atoms with E-state index in [2.05, 4.69) is 5.32 Å². The number of carbonyl (C=O) groups is 1. The lowest BCUT2D eigenvalue weighted by Crippen LogP contribution is -2.40. The van der Waals surface area contributed by atoms with Crippen molar-refractivity contribution in [3.8, 4) is 0 Å². The van der Waals surface area contributed by atoms with Gasteiger partial charge in [-0.25, -0.2) is 8.42 Å². The average Bonchev–Trinajstić information content (AvgIpc) is 2.12. The van der Waals surface area contributed by atoms with E-state index in [1.165, 1.54) is 18.2 Å². The zero-order valence-corrected chi connectivity index (χ0v) is 12.4. The van der Waals surface area contributed by atoms with Gasteiger partial charge in [0.1, 0.15) is 0 Å². The van der Waals surface area contributed by atoms with Crippen LogP contribution in [0.5, 0.6) is 0 Å². The van der Waals surface area contributed by atoms with Crippen molar-refractivity contribution >= 4 is 37.2 Å². The van der Waals surface area contributed by atoms with Crippen LogP contribution in [0.2, 0.25) is 5.02 Å². The molecule has 0 aliphatic carbocycles. The molecule has 0 saturated heterocycles. The third-order valence-corrected chi connectivity index (χ3v) is 3.46. The number of nitrogens with one attached hydrogen (secondary N) is 1. The van der Waals surface area contributed by atoms with Crippen LogP contribution in [0.4, 0.5) is 0 Å². The first-order valence-corrected chi connectivity index (χ1v) is 7.75. The van der Waals surface area contributed by atoms with E-state index in [1.54, 1.807) is 0 Å². The Morgan fingerprint density at radius 1 is 1.22 bits per heavy atom. The largest absolute Gasteiger partial charge is 0.347 e. The number of hydrogen-bond acceptors (Lipinski definition) is 3. The quantitative estimate of drug-likeness (QED) is 0.854. The Balaban J connectivity index is 3.19. The van der Waals surface area contributed by atoms with E-state index in [0.717, 1.165) is 0 Å². The van der Waals surface area contributed by atoms with E-state index in [0.29, 0.717) is 0 Å².